The Hall–Kier alpha value is -1.88. The lowest BCUT2D eigenvalue weighted by Crippen LogP contribution is -2.19. The largest absolute Gasteiger partial charge is 0.404 e. The highest BCUT2D eigenvalue weighted by Gasteiger charge is 2.17. The summed E-state index contributed by atoms with van der Waals surface area (Å²) in [6.45, 7) is 4.23. The number of benzene rings is 2. The molecule has 1 unspecified atom stereocenters. The molecule has 0 saturated heterocycles. The number of hydrogen-bond acceptors (Lipinski definition) is 3. The molecule has 0 aliphatic rings. The first-order valence-corrected chi connectivity index (χ1v) is 10.5. The maximum Gasteiger partial charge on any atom is 0.197 e. The number of aromatic nitrogens is 1. The molecule has 1 aromatic heterocycles. The molecule has 3 rings (SSSR count). The standard InChI is InChI=1S/C22H22ClNOS2/c1-16(2)7-6-10-21(18-8-4-3-5-9-18)25-24-20(15-27-22(24)26)17-11-13-19(23)14-12-17/h3-5,7-9,11-15,21H,6,10H2,1-2H3. The molecule has 0 bridgehead atoms. The predicted octanol–water partition coefficient (Wildman–Crippen LogP) is 7.52. The number of allylic oxidation sites excluding steroid dienone is 2. The highest BCUT2D eigenvalue weighted by Crippen LogP contribution is 2.28. The lowest BCUT2D eigenvalue weighted by Gasteiger charge is -2.21. The molecular weight excluding hydrogens is 394 g/mol. The zero-order chi connectivity index (χ0) is 19.2. The van der Waals surface area contributed by atoms with Gasteiger partial charge in [0.1, 0.15) is 0 Å². The van der Waals surface area contributed by atoms with Crippen LogP contribution in [0.25, 0.3) is 11.3 Å². The van der Waals surface area contributed by atoms with E-state index in [1.807, 2.05) is 47.8 Å². The maximum absolute atomic E-state index is 6.43. The minimum Gasteiger partial charge on any atom is -0.404 e. The van der Waals surface area contributed by atoms with Crippen molar-refractivity contribution in [3.63, 3.8) is 0 Å². The molecule has 0 spiro atoms. The average molecular weight is 416 g/mol. The Morgan fingerprint density at radius 2 is 1.85 bits per heavy atom. The summed E-state index contributed by atoms with van der Waals surface area (Å²) >= 11 is 13.1. The van der Waals surface area contributed by atoms with Crippen LogP contribution in [-0.2, 0) is 0 Å². The van der Waals surface area contributed by atoms with Gasteiger partial charge in [0.25, 0.3) is 0 Å². The third-order valence-electron chi connectivity index (χ3n) is 4.18. The van der Waals surface area contributed by atoms with Crippen LogP contribution in [0.15, 0.2) is 71.6 Å². The van der Waals surface area contributed by atoms with Gasteiger partial charge in [0, 0.05) is 16.0 Å². The van der Waals surface area contributed by atoms with Gasteiger partial charge in [-0.15, -0.1) is 11.3 Å². The van der Waals surface area contributed by atoms with Crippen LogP contribution in [0.4, 0.5) is 0 Å². The van der Waals surface area contributed by atoms with Gasteiger partial charge in [-0.2, -0.15) is 4.73 Å². The summed E-state index contributed by atoms with van der Waals surface area (Å²) in [4.78, 5) is 6.43. The Balaban J connectivity index is 1.91. The van der Waals surface area contributed by atoms with Crippen LogP contribution in [0.5, 0.6) is 0 Å². The van der Waals surface area contributed by atoms with Crippen LogP contribution >= 0.6 is 35.2 Å². The first-order valence-electron chi connectivity index (χ1n) is 8.86. The molecule has 0 aliphatic carbocycles. The monoisotopic (exact) mass is 415 g/mol. The molecule has 2 nitrogen and oxygen atoms in total. The Morgan fingerprint density at radius 1 is 1.15 bits per heavy atom. The van der Waals surface area contributed by atoms with Crippen LogP contribution in [0, 0.1) is 3.95 Å². The van der Waals surface area contributed by atoms with E-state index in [-0.39, 0.29) is 6.10 Å². The Morgan fingerprint density at radius 3 is 2.52 bits per heavy atom. The number of rotatable bonds is 7. The summed E-state index contributed by atoms with van der Waals surface area (Å²) in [6.07, 6.45) is 4.00. The Kier molecular flexibility index (Phi) is 6.89. The van der Waals surface area contributed by atoms with E-state index < -0.39 is 0 Å². The van der Waals surface area contributed by atoms with Crippen molar-refractivity contribution in [1.29, 1.82) is 0 Å². The number of halogens is 1. The molecule has 3 aromatic rings. The SMILES string of the molecule is CC(C)=CCCC(On1c(-c2ccc(Cl)cc2)csc1=S)c1ccccc1. The van der Waals surface area contributed by atoms with Crippen LogP contribution in [-0.4, -0.2) is 4.73 Å². The predicted molar refractivity (Wildman–Crippen MR) is 118 cm³/mol. The fourth-order valence-corrected chi connectivity index (χ4v) is 3.90. The molecular formula is C22H22ClNOS2. The van der Waals surface area contributed by atoms with Crippen molar-refractivity contribution in [3.05, 3.63) is 86.2 Å². The van der Waals surface area contributed by atoms with Crippen LogP contribution in [0.3, 0.4) is 0 Å². The lowest BCUT2D eigenvalue weighted by molar-refractivity contribution is 0.0332. The van der Waals surface area contributed by atoms with Crippen molar-refractivity contribution in [1.82, 2.24) is 4.73 Å². The second kappa shape index (κ2) is 9.36. The number of hydrogen-bond donors (Lipinski definition) is 0. The van der Waals surface area contributed by atoms with Gasteiger partial charge in [-0.1, -0.05) is 65.7 Å². The fourth-order valence-electron chi connectivity index (χ4n) is 2.80. The van der Waals surface area contributed by atoms with Crippen molar-refractivity contribution in [2.24, 2.45) is 0 Å². The minimum atomic E-state index is -0.0749. The fraction of sp³-hybridized carbons (Fsp3) is 0.227. The normalized spacial score (nSPS) is 11.8. The topological polar surface area (TPSA) is 14.2 Å². The summed E-state index contributed by atoms with van der Waals surface area (Å²) in [5.74, 6) is 0. The number of nitrogens with zero attached hydrogens (tertiary/aromatic N) is 1. The molecule has 0 saturated carbocycles. The van der Waals surface area contributed by atoms with E-state index in [9.17, 15) is 0 Å². The van der Waals surface area contributed by atoms with Gasteiger partial charge in [0.05, 0.1) is 5.69 Å². The minimum absolute atomic E-state index is 0.0749. The zero-order valence-corrected chi connectivity index (χ0v) is 17.8. The quantitative estimate of drug-likeness (QED) is 0.292. The van der Waals surface area contributed by atoms with Gasteiger partial charge in [-0.3, -0.25) is 0 Å². The van der Waals surface area contributed by atoms with E-state index >= 15 is 0 Å². The van der Waals surface area contributed by atoms with Gasteiger partial charge in [0.15, 0.2) is 10.1 Å². The highest BCUT2D eigenvalue weighted by atomic mass is 35.5. The average Bonchev–Trinajstić information content (AvgIpc) is 3.02. The smallest absolute Gasteiger partial charge is 0.197 e. The summed E-state index contributed by atoms with van der Waals surface area (Å²) in [7, 11) is 0. The summed E-state index contributed by atoms with van der Waals surface area (Å²) in [5, 5.41) is 2.74. The van der Waals surface area contributed by atoms with Crippen LogP contribution in [0.1, 0.15) is 38.4 Å². The Labute approximate surface area is 174 Å². The van der Waals surface area contributed by atoms with Gasteiger partial charge in [0.2, 0.25) is 0 Å². The molecule has 5 heteroatoms. The molecule has 0 radical (unpaired) electrons. The van der Waals surface area contributed by atoms with Crippen molar-refractivity contribution < 1.29 is 4.84 Å². The molecule has 1 heterocycles. The molecule has 0 N–H and O–H groups in total. The first kappa shape index (κ1) is 19.9. The highest BCUT2D eigenvalue weighted by molar-refractivity contribution is 7.73. The molecule has 140 valence electrons. The zero-order valence-electron chi connectivity index (χ0n) is 15.4. The molecule has 0 amide bonds. The van der Waals surface area contributed by atoms with E-state index in [0.717, 1.165) is 29.7 Å². The van der Waals surface area contributed by atoms with E-state index in [1.54, 1.807) is 4.73 Å². The van der Waals surface area contributed by atoms with E-state index in [0.29, 0.717) is 8.98 Å². The molecule has 2 aromatic carbocycles. The van der Waals surface area contributed by atoms with Gasteiger partial charge >= 0.3 is 0 Å². The van der Waals surface area contributed by atoms with Crippen molar-refractivity contribution in [3.8, 4) is 11.3 Å². The van der Waals surface area contributed by atoms with E-state index in [2.05, 4.69) is 32.1 Å². The second-order valence-electron chi connectivity index (χ2n) is 6.55. The number of thiazole rings is 1. The van der Waals surface area contributed by atoms with Gasteiger partial charge in [-0.05, 0) is 56.6 Å². The third kappa shape index (κ3) is 5.32. The summed E-state index contributed by atoms with van der Waals surface area (Å²) in [6, 6.07) is 18.0. The molecule has 1 atom stereocenters. The maximum atomic E-state index is 6.43. The van der Waals surface area contributed by atoms with Crippen LogP contribution < -0.4 is 4.84 Å². The Bertz CT molecular complexity index is 954. The molecule has 27 heavy (non-hydrogen) atoms. The van der Waals surface area contributed by atoms with Crippen molar-refractivity contribution in [2.45, 2.75) is 32.8 Å². The lowest BCUT2D eigenvalue weighted by atomic mass is 10.0. The van der Waals surface area contributed by atoms with E-state index in [1.165, 1.54) is 16.9 Å². The molecule has 0 fully saturated rings. The third-order valence-corrected chi connectivity index (χ3v) is 5.60. The summed E-state index contributed by atoms with van der Waals surface area (Å²) in [5.41, 5.74) is 4.44. The first-order chi connectivity index (χ1) is 13.0. The second-order valence-corrected chi connectivity index (χ2v) is 8.49. The van der Waals surface area contributed by atoms with Gasteiger partial charge < -0.3 is 4.84 Å². The molecule has 0 aliphatic heterocycles. The summed E-state index contributed by atoms with van der Waals surface area (Å²) < 4.78 is 2.48. The van der Waals surface area contributed by atoms with Crippen LogP contribution in [0.2, 0.25) is 5.02 Å². The van der Waals surface area contributed by atoms with Gasteiger partial charge in [-0.25, -0.2) is 0 Å². The van der Waals surface area contributed by atoms with Crippen molar-refractivity contribution >= 4 is 35.2 Å². The van der Waals surface area contributed by atoms with E-state index in [4.69, 9.17) is 28.7 Å². The van der Waals surface area contributed by atoms with Crippen molar-refractivity contribution in [2.75, 3.05) is 0 Å².